The van der Waals surface area contributed by atoms with Gasteiger partial charge in [0.25, 0.3) is 0 Å². The van der Waals surface area contributed by atoms with Crippen molar-refractivity contribution in [2.24, 2.45) is 17.8 Å². The lowest BCUT2D eigenvalue weighted by Crippen LogP contribution is -2.68. The summed E-state index contributed by atoms with van der Waals surface area (Å²) >= 11 is 0. The minimum atomic E-state index is -0.934. The van der Waals surface area contributed by atoms with Gasteiger partial charge in [-0.3, -0.25) is 0 Å². The molecule has 7 atom stereocenters. The molecule has 1 aromatic rings. The van der Waals surface area contributed by atoms with Crippen LogP contribution in [0.2, 0.25) is 0 Å². The molecule has 4 bridgehead atoms. The molecule has 7 heteroatoms. The molecule has 5 aliphatic carbocycles. The molecule has 7 nitrogen and oxygen atoms in total. The van der Waals surface area contributed by atoms with Crippen LogP contribution in [-0.4, -0.2) is 33.4 Å². The molecule has 1 saturated heterocycles. The molecule has 0 aromatic heterocycles. The molecule has 1 heterocycles. The van der Waals surface area contributed by atoms with Crippen LogP contribution < -0.4 is 5.32 Å². The van der Waals surface area contributed by atoms with Gasteiger partial charge in [0.15, 0.2) is 0 Å². The standard InChI is InChI=1S/C23H29NO6/c25-19-5-3-15(4-6-19)16-2-1-7-22(11-16)28-23(30-29-22)17-8-14-9-18(23)13-21(10-14,12-17)24-20(26)27/h3-6,14,16-18,24-25H,1-2,7-13H2,(H,26,27)/t14?,16-,17-,18+,21?,22-,23?/m1/s1. The lowest BCUT2D eigenvalue weighted by atomic mass is 9.50. The second-order valence-corrected chi connectivity index (χ2v) is 10.3. The van der Waals surface area contributed by atoms with Gasteiger partial charge in [-0.15, -0.1) is 0 Å². The highest BCUT2D eigenvalue weighted by atomic mass is 17.3. The molecule has 1 amide bonds. The van der Waals surface area contributed by atoms with E-state index in [9.17, 15) is 15.0 Å². The van der Waals surface area contributed by atoms with Crippen LogP contribution in [0.1, 0.15) is 69.3 Å². The average molecular weight is 415 g/mol. The van der Waals surface area contributed by atoms with Gasteiger partial charge in [0.2, 0.25) is 11.6 Å². The van der Waals surface area contributed by atoms with Crippen molar-refractivity contribution in [1.29, 1.82) is 0 Å². The Balaban J connectivity index is 1.24. The smallest absolute Gasteiger partial charge is 0.405 e. The van der Waals surface area contributed by atoms with E-state index >= 15 is 0 Å². The number of carboxylic acid groups (broad SMARTS) is 1. The second-order valence-electron chi connectivity index (χ2n) is 10.3. The van der Waals surface area contributed by atoms with Crippen molar-refractivity contribution in [3.8, 4) is 5.75 Å². The Hall–Kier alpha value is -1.83. The Labute approximate surface area is 175 Å². The molecule has 6 aliphatic rings. The van der Waals surface area contributed by atoms with Crippen molar-refractivity contribution in [3.63, 3.8) is 0 Å². The lowest BCUT2D eigenvalue weighted by Gasteiger charge is -2.61. The van der Waals surface area contributed by atoms with E-state index in [0.717, 1.165) is 57.8 Å². The third-order valence-electron chi connectivity index (χ3n) is 8.40. The Kier molecular flexibility index (Phi) is 4.00. The summed E-state index contributed by atoms with van der Waals surface area (Å²) < 4.78 is 6.81. The number of carbonyl (C=O) groups is 1. The van der Waals surface area contributed by atoms with Gasteiger partial charge in [0.1, 0.15) is 5.75 Å². The maximum absolute atomic E-state index is 11.4. The molecule has 6 fully saturated rings. The van der Waals surface area contributed by atoms with Crippen molar-refractivity contribution in [2.75, 3.05) is 0 Å². The van der Waals surface area contributed by atoms with Gasteiger partial charge in [-0.05, 0) is 74.5 Å². The van der Waals surface area contributed by atoms with E-state index < -0.39 is 17.7 Å². The molecule has 162 valence electrons. The van der Waals surface area contributed by atoms with E-state index in [2.05, 4.69) is 5.32 Å². The minimum Gasteiger partial charge on any atom is -0.508 e. The first-order chi connectivity index (χ1) is 14.4. The fraction of sp³-hybridized carbons (Fsp3) is 0.696. The number of aromatic hydroxyl groups is 1. The van der Waals surface area contributed by atoms with Crippen LogP contribution in [0.5, 0.6) is 5.75 Å². The molecule has 30 heavy (non-hydrogen) atoms. The number of hydrogen-bond acceptors (Lipinski definition) is 5. The van der Waals surface area contributed by atoms with Gasteiger partial charge in [-0.25, -0.2) is 4.79 Å². The van der Waals surface area contributed by atoms with Crippen LogP contribution in [-0.2, 0) is 14.5 Å². The first-order valence-corrected chi connectivity index (χ1v) is 11.3. The van der Waals surface area contributed by atoms with Crippen molar-refractivity contribution < 1.29 is 29.5 Å². The van der Waals surface area contributed by atoms with Gasteiger partial charge >= 0.3 is 6.09 Å². The highest BCUT2D eigenvalue weighted by Crippen LogP contribution is 2.65. The van der Waals surface area contributed by atoms with Crippen LogP contribution in [0.4, 0.5) is 4.79 Å². The maximum Gasteiger partial charge on any atom is 0.405 e. The van der Waals surface area contributed by atoms with Gasteiger partial charge in [-0.1, -0.05) is 12.1 Å². The number of phenols is 1. The summed E-state index contributed by atoms with van der Waals surface area (Å²) in [6.45, 7) is 0. The molecule has 7 rings (SSSR count). The van der Waals surface area contributed by atoms with Gasteiger partial charge < -0.3 is 20.3 Å². The molecular weight excluding hydrogens is 386 g/mol. The Morgan fingerprint density at radius 2 is 1.77 bits per heavy atom. The van der Waals surface area contributed by atoms with Crippen LogP contribution in [0.25, 0.3) is 0 Å². The number of rotatable bonds is 2. The SMILES string of the molecule is O=C(O)NC12CC3C[C@H](C1)C1(OO[C@@]4(CCC[C@@H](c5ccc(O)cc5)C4)O1)[C@@H](C3)C2. The summed E-state index contributed by atoms with van der Waals surface area (Å²) in [7, 11) is 0. The zero-order valence-electron chi connectivity index (χ0n) is 17.0. The largest absolute Gasteiger partial charge is 0.508 e. The van der Waals surface area contributed by atoms with E-state index in [0.29, 0.717) is 11.8 Å². The fourth-order valence-electron chi connectivity index (χ4n) is 7.47. The minimum absolute atomic E-state index is 0.157. The first-order valence-electron chi connectivity index (χ1n) is 11.3. The Morgan fingerprint density at radius 3 is 2.47 bits per heavy atom. The summed E-state index contributed by atoms with van der Waals surface area (Å²) in [6.07, 6.45) is 7.14. The molecular formula is C23H29NO6. The third-order valence-corrected chi connectivity index (χ3v) is 8.40. The first kappa shape index (κ1) is 18.9. The summed E-state index contributed by atoms with van der Waals surface area (Å²) in [5.41, 5.74) is 0.853. The van der Waals surface area contributed by atoms with E-state index in [1.165, 1.54) is 5.56 Å². The highest BCUT2D eigenvalue weighted by molar-refractivity contribution is 5.65. The lowest BCUT2D eigenvalue weighted by molar-refractivity contribution is -0.391. The van der Waals surface area contributed by atoms with Crippen molar-refractivity contribution in [2.45, 2.75) is 80.8 Å². The van der Waals surface area contributed by atoms with Crippen molar-refractivity contribution >= 4 is 6.09 Å². The molecule has 1 aliphatic heterocycles. The van der Waals surface area contributed by atoms with Crippen LogP contribution in [0.3, 0.4) is 0 Å². The number of amides is 1. The highest BCUT2D eigenvalue weighted by Gasteiger charge is 2.70. The van der Waals surface area contributed by atoms with E-state index in [1.54, 1.807) is 12.1 Å². The van der Waals surface area contributed by atoms with Gasteiger partial charge in [0.05, 0.1) is 0 Å². The predicted octanol–water partition coefficient (Wildman–Crippen LogP) is 4.27. The molecule has 5 saturated carbocycles. The van der Waals surface area contributed by atoms with Gasteiger partial charge in [0, 0.05) is 30.2 Å². The predicted molar refractivity (Wildman–Crippen MR) is 105 cm³/mol. The number of phenolic OH excluding ortho intramolecular Hbond substituents is 1. The van der Waals surface area contributed by atoms with E-state index in [4.69, 9.17) is 14.5 Å². The average Bonchev–Trinajstić information content (AvgIpc) is 3.05. The molecule has 2 spiro atoms. The monoisotopic (exact) mass is 415 g/mol. The van der Waals surface area contributed by atoms with Crippen molar-refractivity contribution in [1.82, 2.24) is 5.32 Å². The van der Waals surface area contributed by atoms with Crippen molar-refractivity contribution in [3.05, 3.63) is 29.8 Å². The number of hydrogen-bond donors (Lipinski definition) is 3. The summed E-state index contributed by atoms with van der Waals surface area (Å²) in [5.74, 6) is -0.0543. The van der Waals surface area contributed by atoms with Crippen LogP contribution in [0.15, 0.2) is 24.3 Å². The second kappa shape index (κ2) is 6.34. The third kappa shape index (κ3) is 2.78. The quantitative estimate of drug-likeness (QED) is 0.624. The number of benzene rings is 1. The van der Waals surface area contributed by atoms with Crippen LogP contribution in [0, 0.1) is 17.8 Å². The van der Waals surface area contributed by atoms with E-state index in [1.807, 2.05) is 12.1 Å². The Morgan fingerprint density at radius 1 is 1.03 bits per heavy atom. The molecule has 3 unspecified atom stereocenters. The summed E-state index contributed by atoms with van der Waals surface area (Å²) in [6, 6.07) is 7.43. The number of nitrogens with one attached hydrogen (secondary N) is 1. The fourth-order valence-corrected chi connectivity index (χ4v) is 7.47. The zero-order valence-corrected chi connectivity index (χ0v) is 17.0. The molecule has 1 aromatic carbocycles. The van der Waals surface area contributed by atoms with E-state index in [-0.39, 0.29) is 23.1 Å². The topological polar surface area (TPSA) is 97.3 Å². The number of ether oxygens (including phenoxy) is 1. The zero-order chi connectivity index (χ0) is 20.6. The normalized spacial score (nSPS) is 46.5. The Bertz CT molecular complexity index is 840. The summed E-state index contributed by atoms with van der Waals surface area (Å²) in [5, 5.41) is 21.8. The maximum atomic E-state index is 11.4. The molecule has 0 radical (unpaired) electrons. The van der Waals surface area contributed by atoms with Crippen LogP contribution >= 0.6 is 0 Å². The summed E-state index contributed by atoms with van der Waals surface area (Å²) in [4.78, 5) is 23.6. The van der Waals surface area contributed by atoms with Gasteiger partial charge in [-0.2, -0.15) is 9.78 Å². The molecule has 3 N–H and O–H groups in total.